The van der Waals surface area contributed by atoms with Gasteiger partial charge in [0.05, 0.1) is 0 Å². The third-order valence-electron chi connectivity index (χ3n) is 4.88. The normalized spacial score (nSPS) is 22.7. The summed E-state index contributed by atoms with van der Waals surface area (Å²) >= 11 is 5.91. The van der Waals surface area contributed by atoms with Crippen molar-refractivity contribution in [1.29, 1.82) is 0 Å². The summed E-state index contributed by atoms with van der Waals surface area (Å²) < 4.78 is 28.6. The summed E-state index contributed by atoms with van der Waals surface area (Å²) in [5.74, 6) is -0.678. The second kappa shape index (κ2) is 8.06. The van der Waals surface area contributed by atoms with Gasteiger partial charge in [0.2, 0.25) is 0 Å². The van der Waals surface area contributed by atoms with Crippen LogP contribution in [0.15, 0.2) is 30.3 Å². The summed E-state index contributed by atoms with van der Waals surface area (Å²) in [5, 5.41) is 9.57. The van der Waals surface area contributed by atoms with Crippen molar-refractivity contribution in [3.05, 3.63) is 40.9 Å². The molecule has 2 aliphatic rings. The van der Waals surface area contributed by atoms with E-state index in [1.54, 1.807) is 5.48 Å². The number of halogens is 1. The molecule has 3 rings (SSSR count). The fourth-order valence-corrected chi connectivity index (χ4v) is 5.34. The summed E-state index contributed by atoms with van der Waals surface area (Å²) in [6.45, 7) is 0.885. The molecule has 1 atom stereocenters. The molecule has 1 saturated heterocycles. The molecule has 142 valence electrons. The molecular weight excluding hydrogens is 378 g/mol. The SMILES string of the molecule is O=C(NO)C1CCCCN1S(=O)(=O)N1CC=C(c2ccc(Cl)cc2)CC1. The van der Waals surface area contributed by atoms with Crippen LogP contribution in [0.2, 0.25) is 5.02 Å². The van der Waals surface area contributed by atoms with E-state index in [4.69, 9.17) is 16.8 Å². The van der Waals surface area contributed by atoms with Crippen LogP contribution in [0.1, 0.15) is 31.2 Å². The van der Waals surface area contributed by atoms with Crippen LogP contribution >= 0.6 is 11.6 Å². The Labute approximate surface area is 158 Å². The number of amides is 1. The maximum Gasteiger partial charge on any atom is 0.283 e. The molecule has 1 aromatic rings. The van der Waals surface area contributed by atoms with Crippen molar-refractivity contribution >= 4 is 33.3 Å². The zero-order valence-electron chi connectivity index (χ0n) is 14.3. The number of hydroxylamine groups is 1. The van der Waals surface area contributed by atoms with Gasteiger partial charge in [-0.1, -0.05) is 36.2 Å². The van der Waals surface area contributed by atoms with Crippen LogP contribution in [0, 0.1) is 0 Å². The molecule has 26 heavy (non-hydrogen) atoms. The van der Waals surface area contributed by atoms with Gasteiger partial charge < -0.3 is 0 Å². The highest BCUT2D eigenvalue weighted by Crippen LogP contribution is 2.28. The summed E-state index contributed by atoms with van der Waals surface area (Å²) in [4.78, 5) is 11.9. The van der Waals surface area contributed by atoms with Crippen molar-refractivity contribution in [1.82, 2.24) is 14.1 Å². The van der Waals surface area contributed by atoms with E-state index in [1.807, 2.05) is 30.3 Å². The topological polar surface area (TPSA) is 90.0 Å². The van der Waals surface area contributed by atoms with Gasteiger partial charge in [-0.3, -0.25) is 10.0 Å². The van der Waals surface area contributed by atoms with Crippen LogP contribution in [-0.2, 0) is 15.0 Å². The van der Waals surface area contributed by atoms with Gasteiger partial charge in [-0.25, -0.2) is 5.48 Å². The summed E-state index contributed by atoms with van der Waals surface area (Å²) in [6, 6.07) is 6.61. The standard InChI is InChI=1S/C17H22ClN3O4S/c18-15-6-4-13(5-7-15)14-8-11-20(12-9-14)26(24,25)21-10-2-1-3-16(21)17(22)19-23/h4-8,16,23H,1-3,9-12H2,(H,19,22). The fraction of sp³-hybridized carbons (Fsp3) is 0.471. The Balaban J connectivity index is 1.76. The van der Waals surface area contributed by atoms with Crippen molar-refractivity contribution in [3.8, 4) is 0 Å². The molecule has 7 nitrogen and oxygen atoms in total. The Morgan fingerprint density at radius 1 is 1.19 bits per heavy atom. The zero-order valence-corrected chi connectivity index (χ0v) is 15.8. The molecule has 0 radical (unpaired) electrons. The van der Waals surface area contributed by atoms with Gasteiger partial charge in [0, 0.05) is 24.7 Å². The minimum atomic E-state index is -3.77. The van der Waals surface area contributed by atoms with Crippen LogP contribution in [0.4, 0.5) is 0 Å². The van der Waals surface area contributed by atoms with Crippen LogP contribution < -0.4 is 5.48 Å². The summed E-state index contributed by atoms with van der Waals surface area (Å²) in [5.41, 5.74) is 3.70. The van der Waals surface area contributed by atoms with E-state index in [1.165, 1.54) is 8.61 Å². The van der Waals surface area contributed by atoms with Crippen LogP contribution in [-0.4, -0.2) is 53.8 Å². The van der Waals surface area contributed by atoms with Gasteiger partial charge in [-0.05, 0) is 42.5 Å². The van der Waals surface area contributed by atoms with Crippen molar-refractivity contribution in [2.45, 2.75) is 31.7 Å². The minimum Gasteiger partial charge on any atom is -0.289 e. The lowest BCUT2D eigenvalue weighted by atomic mass is 10.0. The molecule has 2 N–H and O–H groups in total. The van der Waals surface area contributed by atoms with Crippen LogP contribution in [0.5, 0.6) is 0 Å². The van der Waals surface area contributed by atoms with Crippen molar-refractivity contribution in [2.75, 3.05) is 19.6 Å². The first kappa shape index (κ1) is 19.3. The van der Waals surface area contributed by atoms with Crippen LogP contribution in [0.25, 0.3) is 5.57 Å². The predicted molar refractivity (Wildman–Crippen MR) is 98.8 cm³/mol. The number of nitrogens with zero attached hydrogens (tertiary/aromatic N) is 2. The Kier molecular flexibility index (Phi) is 5.99. The summed E-state index contributed by atoms with van der Waals surface area (Å²) in [7, 11) is -3.77. The monoisotopic (exact) mass is 399 g/mol. The van der Waals surface area contributed by atoms with Gasteiger partial charge in [0.1, 0.15) is 6.04 Å². The van der Waals surface area contributed by atoms with Crippen LogP contribution in [0.3, 0.4) is 0 Å². The van der Waals surface area contributed by atoms with E-state index in [9.17, 15) is 13.2 Å². The molecule has 1 amide bonds. The molecule has 1 fully saturated rings. The second-order valence-electron chi connectivity index (χ2n) is 6.45. The number of benzene rings is 1. The lowest BCUT2D eigenvalue weighted by molar-refractivity contribution is -0.134. The highest BCUT2D eigenvalue weighted by molar-refractivity contribution is 7.86. The molecule has 0 bridgehead atoms. The molecule has 0 saturated carbocycles. The Hall–Kier alpha value is -1.45. The lowest BCUT2D eigenvalue weighted by Gasteiger charge is -2.37. The Bertz CT molecular complexity index is 795. The van der Waals surface area contributed by atoms with Gasteiger partial charge in [-0.15, -0.1) is 0 Å². The van der Waals surface area contributed by atoms with Gasteiger partial charge in [-0.2, -0.15) is 17.0 Å². The van der Waals surface area contributed by atoms with E-state index in [0.717, 1.165) is 17.6 Å². The predicted octanol–water partition coefficient (Wildman–Crippen LogP) is 2.03. The van der Waals surface area contributed by atoms with E-state index in [0.29, 0.717) is 30.8 Å². The zero-order chi connectivity index (χ0) is 18.7. The molecule has 0 aliphatic carbocycles. The van der Waals surface area contributed by atoms with Gasteiger partial charge in [0.15, 0.2) is 0 Å². The third kappa shape index (κ3) is 3.94. The number of carbonyl (C=O) groups is 1. The number of hydrogen-bond acceptors (Lipinski definition) is 4. The Morgan fingerprint density at radius 3 is 2.54 bits per heavy atom. The first-order valence-corrected chi connectivity index (χ1v) is 10.4. The van der Waals surface area contributed by atoms with Gasteiger partial charge in [0.25, 0.3) is 16.1 Å². The Morgan fingerprint density at radius 2 is 1.92 bits per heavy atom. The average molecular weight is 400 g/mol. The number of hydrogen-bond donors (Lipinski definition) is 2. The lowest BCUT2D eigenvalue weighted by Crippen LogP contribution is -2.56. The van der Waals surface area contributed by atoms with E-state index in [2.05, 4.69) is 0 Å². The third-order valence-corrected chi connectivity index (χ3v) is 7.14. The smallest absolute Gasteiger partial charge is 0.283 e. The second-order valence-corrected chi connectivity index (χ2v) is 8.77. The largest absolute Gasteiger partial charge is 0.289 e. The van der Waals surface area contributed by atoms with Crippen molar-refractivity contribution < 1.29 is 18.4 Å². The molecule has 9 heteroatoms. The number of piperidine rings is 1. The minimum absolute atomic E-state index is 0.254. The van der Waals surface area contributed by atoms with Crippen molar-refractivity contribution in [2.24, 2.45) is 0 Å². The quantitative estimate of drug-likeness (QED) is 0.598. The molecule has 1 unspecified atom stereocenters. The van der Waals surface area contributed by atoms with E-state index < -0.39 is 22.2 Å². The molecule has 2 aliphatic heterocycles. The van der Waals surface area contributed by atoms with Crippen molar-refractivity contribution in [3.63, 3.8) is 0 Å². The number of carbonyl (C=O) groups excluding carboxylic acids is 1. The number of rotatable bonds is 4. The average Bonchev–Trinajstić information content (AvgIpc) is 2.68. The molecular formula is C17H22ClN3O4S. The molecule has 1 aromatic carbocycles. The van der Waals surface area contributed by atoms with E-state index >= 15 is 0 Å². The molecule has 0 spiro atoms. The summed E-state index contributed by atoms with van der Waals surface area (Å²) in [6.07, 6.45) is 4.35. The highest BCUT2D eigenvalue weighted by atomic mass is 35.5. The molecule has 2 heterocycles. The van der Waals surface area contributed by atoms with Gasteiger partial charge >= 0.3 is 0 Å². The fourth-order valence-electron chi connectivity index (χ4n) is 3.45. The highest BCUT2D eigenvalue weighted by Gasteiger charge is 2.40. The maximum atomic E-state index is 13.0. The maximum absolute atomic E-state index is 13.0. The first-order chi connectivity index (χ1) is 12.4. The first-order valence-electron chi connectivity index (χ1n) is 8.59. The molecule has 0 aromatic heterocycles. The van der Waals surface area contributed by atoms with E-state index in [-0.39, 0.29) is 13.1 Å². The number of nitrogens with one attached hydrogen (secondary N) is 1.